The third kappa shape index (κ3) is 2.42. The Bertz CT molecular complexity index is 320. The Balaban J connectivity index is 2.74. The topological polar surface area (TPSA) is 62.2 Å². The summed E-state index contributed by atoms with van der Waals surface area (Å²) in [4.78, 5) is 14.9. The van der Waals surface area contributed by atoms with Crippen LogP contribution >= 0.6 is 11.3 Å². The summed E-state index contributed by atoms with van der Waals surface area (Å²) >= 11 is 1.41. The standard InChI is InChI=1S/C8H12N2O2S/c1-5-4-13-7(9-5)10-8(2,3)6(11)12/h4H,1-3H3,(H,9,10)(H,11,12). The van der Waals surface area contributed by atoms with E-state index in [2.05, 4.69) is 10.3 Å². The molecule has 0 amide bonds. The average Bonchev–Trinajstić information content (AvgIpc) is 2.34. The zero-order valence-corrected chi connectivity index (χ0v) is 8.60. The molecule has 0 saturated carbocycles. The highest BCUT2D eigenvalue weighted by Gasteiger charge is 2.27. The average molecular weight is 200 g/mol. The first kappa shape index (κ1) is 9.98. The minimum absolute atomic E-state index is 0.643. The molecule has 4 nitrogen and oxygen atoms in total. The zero-order chi connectivity index (χ0) is 10.1. The van der Waals surface area contributed by atoms with Gasteiger partial charge in [-0.1, -0.05) is 0 Å². The molecule has 0 aliphatic carbocycles. The molecule has 0 radical (unpaired) electrons. The highest BCUT2D eigenvalue weighted by molar-refractivity contribution is 7.13. The summed E-state index contributed by atoms with van der Waals surface area (Å²) in [6, 6.07) is 0. The van der Waals surface area contributed by atoms with E-state index in [-0.39, 0.29) is 0 Å². The van der Waals surface area contributed by atoms with Crippen molar-refractivity contribution in [3.8, 4) is 0 Å². The fourth-order valence-corrected chi connectivity index (χ4v) is 1.58. The van der Waals surface area contributed by atoms with Crippen LogP contribution in [0.1, 0.15) is 19.5 Å². The summed E-state index contributed by atoms with van der Waals surface area (Å²) in [5.41, 5.74) is -0.0710. The van der Waals surface area contributed by atoms with Gasteiger partial charge in [-0.25, -0.2) is 9.78 Å². The first-order valence-electron chi connectivity index (χ1n) is 3.85. The molecule has 0 saturated heterocycles. The molecule has 1 heterocycles. The van der Waals surface area contributed by atoms with Gasteiger partial charge in [0.1, 0.15) is 5.54 Å². The van der Waals surface area contributed by atoms with Crippen molar-refractivity contribution < 1.29 is 9.90 Å². The number of hydrogen-bond acceptors (Lipinski definition) is 4. The summed E-state index contributed by atoms with van der Waals surface area (Å²) in [6.45, 7) is 5.08. The predicted octanol–water partition coefficient (Wildman–Crippen LogP) is 1.73. The first-order valence-corrected chi connectivity index (χ1v) is 4.73. The van der Waals surface area contributed by atoms with E-state index in [0.29, 0.717) is 5.13 Å². The van der Waals surface area contributed by atoms with Gasteiger partial charge in [-0.15, -0.1) is 11.3 Å². The molecule has 5 heteroatoms. The van der Waals surface area contributed by atoms with E-state index in [1.807, 2.05) is 12.3 Å². The second kappa shape index (κ2) is 3.33. The van der Waals surface area contributed by atoms with Crippen molar-refractivity contribution in [2.24, 2.45) is 0 Å². The van der Waals surface area contributed by atoms with Crippen molar-refractivity contribution in [1.82, 2.24) is 4.98 Å². The molecule has 72 valence electrons. The van der Waals surface area contributed by atoms with E-state index >= 15 is 0 Å². The quantitative estimate of drug-likeness (QED) is 0.780. The molecule has 0 spiro atoms. The Hall–Kier alpha value is -1.10. The van der Waals surface area contributed by atoms with Crippen molar-refractivity contribution in [3.05, 3.63) is 11.1 Å². The van der Waals surface area contributed by atoms with Crippen LogP contribution in [0.15, 0.2) is 5.38 Å². The Morgan fingerprint density at radius 1 is 1.69 bits per heavy atom. The number of carboxylic acids is 1. The van der Waals surface area contributed by atoms with Gasteiger partial charge in [0.05, 0.1) is 5.69 Å². The molecule has 2 N–H and O–H groups in total. The lowest BCUT2D eigenvalue weighted by Crippen LogP contribution is -2.39. The fourth-order valence-electron chi connectivity index (χ4n) is 0.732. The zero-order valence-electron chi connectivity index (χ0n) is 7.79. The maximum atomic E-state index is 10.7. The number of aliphatic carboxylic acids is 1. The number of nitrogens with zero attached hydrogens (tertiary/aromatic N) is 1. The molecular weight excluding hydrogens is 188 g/mol. The van der Waals surface area contributed by atoms with Crippen LogP contribution in [0.4, 0.5) is 5.13 Å². The molecule has 0 unspecified atom stereocenters. The number of aryl methyl sites for hydroxylation is 1. The Morgan fingerprint density at radius 2 is 2.31 bits per heavy atom. The Labute approximate surface area is 80.6 Å². The van der Waals surface area contributed by atoms with E-state index in [4.69, 9.17) is 5.11 Å². The normalized spacial score (nSPS) is 11.3. The molecule has 1 rings (SSSR count). The maximum absolute atomic E-state index is 10.7. The maximum Gasteiger partial charge on any atom is 0.328 e. The molecule has 0 fully saturated rings. The lowest BCUT2D eigenvalue weighted by molar-refractivity contribution is -0.141. The van der Waals surface area contributed by atoms with Gasteiger partial charge in [-0.3, -0.25) is 0 Å². The minimum atomic E-state index is -0.968. The van der Waals surface area contributed by atoms with Crippen LogP contribution in [0.5, 0.6) is 0 Å². The number of thiazole rings is 1. The fraction of sp³-hybridized carbons (Fsp3) is 0.500. The minimum Gasteiger partial charge on any atom is -0.480 e. The molecule has 0 bridgehead atoms. The SMILES string of the molecule is Cc1csc(NC(C)(C)C(=O)O)n1. The third-order valence-electron chi connectivity index (χ3n) is 1.57. The van der Waals surface area contributed by atoms with Crippen molar-refractivity contribution in [2.45, 2.75) is 26.3 Å². The third-order valence-corrected chi connectivity index (χ3v) is 2.45. The van der Waals surface area contributed by atoms with E-state index in [1.54, 1.807) is 13.8 Å². The van der Waals surface area contributed by atoms with E-state index in [0.717, 1.165) is 5.69 Å². The molecule has 0 aliphatic heterocycles. The number of nitrogens with one attached hydrogen (secondary N) is 1. The van der Waals surface area contributed by atoms with Crippen LogP contribution in [0.2, 0.25) is 0 Å². The van der Waals surface area contributed by atoms with Crippen LogP contribution in [-0.4, -0.2) is 21.6 Å². The van der Waals surface area contributed by atoms with Gasteiger partial charge in [-0.2, -0.15) is 0 Å². The molecule has 13 heavy (non-hydrogen) atoms. The van der Waals surface area contributed by atoms with Gasteiger partial charge in [0.25, 0.3) is 0 Å². The van der Waals surface area contributed by atoms with Crippen LogP contribution in [-0.2, 0) is 4.79 Å². The van der Waals surface area contributed by atoms with Crippen LogP contribution in [0.3, 0.4) is 0 Å². The van der Waals surface area contributed by atoms with Crippen molar-refractivity contribution in [1.29, 1.82) is 0 Å². The van der Waals surface area contributed by atoms with Crippen molar-refractivity contribution >= 4 is 22.4 Å². The van der Waals surface area contributed by atoms with Gasteiger partial charge < -0.3 is 10.4 Å². The highest BCUT2D eigenvalue weighted by Crippen LogP contribution is 2.19. The summed E-state index contributed by atoms with van der Waals surface area (Å²) in [5.74, 6) is -0.889. The van der Waals surface area contributed by atoms with Crippen molar-refractivity contribution in [2.75, 3.05) is 5.32 Å². The van der Waals surface area contributed by atoms with E-state index in [1.165, 1.54) is 11.3 Å². The van der Waals surface area contributed by atoms with Crippen LogP contribution in [0, 0.1) is 6.92 Å². The lowest BCUT2D eigenvalue weighted by atomic mass is 10.1. The number of carboxylic acid groups (broad SMARTS) is 1. The molecule has 0 atom stereocenters. The van der Waals surface area contributed by atoms with E-state index in [9.17, 15) is 4.79 Å². The summed E-state index contributed by atoms with van der Waals surface area (Å²) in [7, 11) is 0. The summed E-state index contributed by atoms with van der Waals surface area (Å²) in [5, 5.41) is 14.2. The van der Waals surface area contributed by atoms with Gasteiger partial charge in [0, 0.05) is 5.38 Å². The predicted molar refractivity (Wildman–Crippen MR) is 52.2 cm³/mol. The molecular formula is C8H12N2O2S. The number of aromatic nitrogens is 1. The number of carbonyl (C=O) groups is 1. The van der Waals surface area contributed by atoms with Crippen molar-refractivity contribution in [3.63, 3.8) is 0 Å². The second-order valence-electron chi connectivity index (χ2n) is 3.35. The van der Waals surface area contributed by atoms with Gasteiger partial charge in [0.15, 0.2) is 5.13 Å². The summed E-state index contributed by atoms with van der Waals surface area (Å²) < 4.78 is 0. The number of hydrogen-bond donors (Lipinski definition) is 2. The second-order valence-corrected chi connectivity index (χ2v) is 4.21. The van der Waals surface area contributed by atoms with E-state index < -0.39 is 11.5 Å². The van der Waals surface area contributed by atoms with Gasteiger partial charge in [-0.05, 0) is 20.8 Å². The Kier molecular flexibility index (Phi) is 2.56. The Morgan fingerprint density at radius 3 is 2.69 bits per heavy atom. The largest absolute Gasteiger partial charge is 0.480 e. The first-order chi connectivity index (χ1) is 5.92. The lowest BCUT2D eigenvalue weighted by Gasteiger charge is -2.19. The monoisotopic (exact) mass is 200 g/mol. The van der Waals surface area contributed by atoms with Crippen LogP contribution < -0.4 is 5.32 Å². The molecule has 1 aromatic heterocycles. The smallest absolute Gasteiger partial charge is 0.328 e. The number of anilines is 1. The summed E-state index contributed by atoms with van der Waals surface area (Å²) in [6.07, 6.45) is 0. The molecule has 0 aliphatic rings. The highest BCUT2D eigenvalue weighted by atomic mass is 32.1. The number of rotatable bonds is 3. The molecule has 1 aromatic rings. The van der Waals surface area contributed by atoms with Gasteiger partial charge in [0.2, 0.25) is 0 Å². The van der Waals surface area contributed by atoms with Gasteiger partial charge >= 0.3 is 5.97 Å². The van der Waals surface area contributed by atoms with Crippen LogP contribution in [0.25, 0.3) is 0 Å². The molecule has 0 aromatic carbocycles.